The van der Waals surface area contributed by atoms with E-state index in [4.69, 9.17) is 4.98 Å². The van der Waals surface area contributed by atoms with Crippen LogP contribution in [0.15, 0.2) is 116 Å². The lowest BCUT2D eigenvalue weighted by Gasteiger charge is -2.12. The first-order valence-corrected chi connectivity index (χ1v) is 10.5. The number of carbonyl (C=O) groups is 2. The van der Waals surface area contributed by atoms with Gasteiger partial charge in [0.1, 0.15) is 0 Å². The van der Waals surface area contributed by atoms with Gasteiger partial charge in [-0.25, -0.2) is 4.98 Å². The van der Waals surface area contributed by atoms with Crippen LogP contribution in [0.25, 0.3) is 22.5 Å². The third-order valence-corrected chi connectivity index (χ3v) is 5.32. The lowest BCUT2D eigenvalue weighted by Crippen LogP contribution is -2.20. The van der Waals surface area contributed by atoms with Crippen LogP contribution < -0.4 is 0 Å². The number of carbonyl (C=O) groups excluding carboxylic acids is 2. The topological polar surface area (TPSA) is 64.8 Å². The summed E-state index contributed by atoms with van der Waals surface area (Å²) in [6.45, 7) is 0. The summed E-state index contributed by atoms with van der Waals surface area (Å²) in [7, 11) is 0. The van der Waals surface area contributed by atoms with Crippen molar-refractivity contribution < 1.29 is 9.59 Å². The van der Waals surface area contributed by atoms with Crippen molar-refractivity contribution in [2.75, 3.05) is 0 Å². The molecule has 5 aromatic rings. The Hall–Kier alpha value is -4.64. The molecule has 33 heavy (non-hydrogen) atoms. The molecule has 0 unspecified atom stereocenters. The summed E-state index contributed by atoms with van der Waals surface area (Å²) in [6.07, 6.45) is 3.36. The fourth-order valence-corrected chi connectivity index (χ4v) is 3.77. The number of hydrogen-bond donors (Lipinski definition) is 0. The lowest BCUT2D eigenvalue weighted by molar-refractivity contribution is 0.0932. The highest BCUT2D eigenvalue weighted by atomic mass is 16.2. The van der Waals surface area contributed by atoms with Gasteiger partial charge in [-0.1, -0.05) is 78.9 Å². The van der Waals surface area contributed by atoms with E-state index in [1.54, 1.807) is 67.0 Å². The Morgan fingerprint density at radius 3 is 1.82 bits per heavy atom. The fraction of sp³-hybridized carbons (Fsp3) is 0. The summed E-state index contributed by atoms with van der Waals surface area (Å²) in [5, 5.41) is 0. The number of nitrogens with zero attached hydrogens (tertiary/aromatic N) is 3. The van der Waals surface area contributed by atoms with Crippen molar-refractivity contribution in [1.29, 1.82) is 0 Å². The standard InChI is InChI=1S/C28H19N3O2/c32-26(21-13-6-2-7-14-21)27-30-24(23-17-10-18-29-19-23)25(20-11-4-1-5-12-20)31(27)28(33)22-15-8-3-9-16-22/h1-19H. The molecule has 0 aliphatic carbocycles. The number of hydrogen-bond acceptors (Lipinski definition) is 4. The Morgan fingerprint density at radius 1 is 0.636 bits per heavy atom. The molecule has 3 aromatic carbocycles. The molecule has 5 rings (SSSR count). The number of aromatic nitrogens is 3. The Kier molecular flexibility index (Phi) is 5.43. The van der Waals surface area contributed by atoms with Crippen molar-refractivity contribution >= 4 is 11.7 Å². The van der Waals surface area contributed by atoms with Crippen LogP contribution in [0.4, 0.5) is 0 Å². The summed E-state index contributed by atoms with van der Waals surface area (Å²) < 4.78 is 1.43. The molecule has 0 amide bonds. The first-order chi connectivity index (χ1) is 16.2. The van der Waals surface area contributed by atoms with Gasteiger partial charge in [0.25, 0.3) is 5.91 Å². The van der Waals surface area contributed by atoms with E-state index >= 15 is 0 Å². The monoisotopic (exact) mass is 429 g/mol. The molecule has 0 bridgehead atoms. The number of benzene rings is 3. The van der Waals surface area contributed by atoms with E-state index in [0.29, 0.717) is 22.5 Å². The van der Waals surface area contributed by atoms with E-state index in [1.807, 2.05) is 48.5 Å². The molecule has 158 valence electrons. The highest BCUT2D eigenvalue weighted by Gasteiger charge is 2.29. The molecule has 5 heteroatoms. The minimum Gasteiger partial charge on any atom is -0.285 e. The molecule has 0 fully saturated rings. The van der Waals surface area contributed by atoms with Crippen LogP contribution in [-0.2, 0) is 0 Å². The second kappa shape index (κ2) is 8.85. The summed E-state index contributed by atoms with van der Waals surface area (Å²) in [5.74, 6) is -0.587. The predicted octanol–water partition coefficient (Wildman–Crippen LogP) is 5.53. The smallest absolute Gasteiger partial charge is 0.264 e. The Labute approximate surface area is 191 Å². The number of imidazole rings is 1. The Balaban J connectivity index is 1.83. The van der Waals surface area contributed by atoms with Crippen LogP contribution in [0.2, 0.25) is 0 Å². The van der Waals surface area contributed by atoms with Crippen molar-refractivity contribution in [2.45, 2.75) is 0 Å². The van der Waals surface area contributed by atoms with E-state index < -0.39 is 0 Å². The first kappa shape index (κ1) is 20.3. The maximum absolute atomic E-state index is 13.8. The van der Waals surface area contributed by atoms with Gasteiger partial charge in [0, 0.05) is 34.6 Å². The molecule has 0 aliphatic heterocycles. The van der Waals surface area contributed by atoms with Gasteiger partial charge in [0.2, 0.25) is 5.78 Å². The Bertz CT molecular complexity index is 1410. The van der Waals surface area contributed by atoms with Crippen LogP contribution in [0.3, 0.4) is 0 Å². The van der Waals surface area contributed by atoms with E-state index in [0.717, 1.165) is 11.1 Å². The largest absolute Gasteiger partial charge is 0.285 e. The molecular weight excluding hydrogens is 410 g/mol. The highest BCUT2D eigenvalue weighted by Crippen LogP contribution is 2.34. The zero-order chi connectivity index (χ0) is 22.6. The number of rotatable bonds is 5. The van der Waals surface area contributed by atoms with E-state index in [-0.39, 0.29) is 17.5 Å². The van der Waals surface area contributed by atoms with E-state index in [9.17, 15) is 9.59 Å². The number of pyridine rings is 1. The summed E-state index contributed by atoms with van der Waals surface area (Å²) >= 11 is 0. The van der Waals surface area contributed by atoms with Crippen molar-refractivity contribution in [2.24, 2.45) is 0 Å². The third kappa shape index (κ3) is 3.88. The maximum Gasteiger partial charge on any atom is 0.264 e. The van der Waals surface area contributed by atoms with Crippen molar-refractivity contribution in [1.82, 2.24) is 14.5 Å². The molecule has 0 saturated heterocycles. The minimum atomic E-state index is -0.327. The molecule has 0 radical (unpaired) electrons. The molecule has 2 heterocycles. The molecule has 0 aliphatic rings. The van der Waals surface area contributed by atoms with Gasteiger partial charge < -0.3 is 0 Å². The molecule has 0 N–H and O–H groups in total. The maximum atomic E-state index is 13.8. The molecular formula is C28H19N3O2. The van der Waals surface area contributed by atoms with Crippen molar-refractivity contribution in [3.05, 3.63) is 132 Å². The summed E-state index contributed by atoms with van der Waals surface area (Å²) in [4.78, 5) is 36.3. The highest BCUT2D eigenvalue weighted by molar-refractivity contribution is 6.12. The van der Waals surface area contributed by atoms with Crippen LogP contribution in [0.5, 0.6) is 0 Å². The van der Waals surface area contributed by atoms with Gasteiger partial charge >= 0.3 is 0 Å². The first-order valence-electron chi connectivity index (χ1n) is 10.5. The second-order valence-electron chi connectivity index (χ2n) is 7.44. The SMILES string of the molecule is O=C(c1ccccc1)c1nc(-c2cccnc2)c(-c2ccccc2)n1C(=O)c1ccccc1. The summed E-state index contributed by atoms with van der Waals surface area (Å²) in [5.41, 5.74) is 3.50. The van der Waals surface area contributed by atoms with Crippen LogP contribution >= 0.6 is 0 Å². The van der Waals surface area contributed by atoms with Gasteiger partial charge in [0.05, 0.1) is 11.4 Å². The van der Waals surface area contributed by atoms with Gasteiger partial charge in [-0.05, 0) is 24.3 Å². The molecule has 2 aromatic heterocycles. The van der Waals surface area contributed by atoms with Crippen molar-refractivity contribution in [3.8, 4) is 22.5 Å². The zero-order valence-corrected chi connectivity index (χ0v) is 17.6. The van der Waals surface area contributed by atoms with Gasteiger partial charge in [-0.3, -0.25) is 19.1 Å². The van der Waals surface area contributed by atoms with E-state index in [1.165, 1.54) is 4.57 Å². The second-order valence-corrected chi connectivity index (χ2v) is 7.44. The minimum absolute atomic E-state index is 0.0627. The van der Waals surface area contributed by atoms with Crippen LogP contribution in [0, 0.1) is 0 Å². The molecule has 0 spiro atoms. The van der Waals surface area contributed by atoms with Gasteiger partial charge in [0.15, 0.2) is 5.82 Å². The third-order valence-electron chi connectivity index (χ3n) is 5.32. The molecule has 0 saturated carbocycles. The van der Waals surface area contributed by atoms with Crippen LogP contribution in [0.1, 0.15) is 26.5 Å². The van der Waals surface area contributed by atoms with Gasteiger partial charge in [-0.15, -0.1) is 0 Å². The average molecular weight is 429 g/mol. The quantitative estimate of drug-likeness (QED) is 0.345. The normalized spacial score (nSPS) is 10.7. The van der Waals surface area contributed by atoms with Gasteiger partial charge in [-0.2, -0.15) is 0 Å². The fourth-order valence-electron chi connectivity index (χ4n) is 3.77. The summed E-state index contributed by atoms with van der Waals surface area (Å²) in [6, 6.07) is 31.0. The zero-order valence-electron chi connectivity index (χ0n) is 17.6. The average Bonchev–Trinajstić information content (AvgIpc) is 3.30. The van der Waals surface area contributed by atoms with Crippen molar-refractivity contribution in [3.63, 3.8) is 0 Å². The predicted molar refractivity (Wildman–Crippen MR) is 127 cm³/mol. The van der Waals surface area contributed by atoms with Crippen LogP contribution in [-0.4, -0.2) is 26.2 Å². The molecule has 5 nitrogen and oxygen atoms in total. The Morgan fingerprint density at radius 2 is 1.21 bits per heavy atom. The van der Waals surface area contributed by atoms with E-state index in [2.05, 4.69) is 4.98 Å². The number of ketones is 1. The lowest BCUT2D eigenvalue weighted by atomic mass is 10.1. The molecule has 0 atom stereocenters.